The molecular weight excluding hydrogens is 408 g/mol. The molecule has 7 heteroatoms. The number of halogens is 1. The van der Waals surface area contributed by atoms with Crippen LogP contribution in [0.4, 0.5) is 5.69 Å². The molecule has 1 aromatic heterocycles. The molecule has 0 fully saturated rings. The Bertz CT molecular complexity index is 1080. The van der Waals surface area contributed by atoms with Crippen molar-refractivity contribution >= 4 is 33.2 Å². The van der Waals surface area contributed by atoms with Crippen LogP contribution in [0.3, 0.4) is 0 Å². The number of carbonyl (C=O) groups excluding carboxylic acids is 1. The number of primary amides is 1. The van der Waals surface area contributed by atoms with Crippen molar-refractivity contribution in [2.45, 2.75) is 11.8 Å². The number of aromatic hydroxyl groups is 1. The maximum atomic E-state index is 11.4. The summed E-state index contributed by atoms with van der Waals surface area (Å²) in [5.41, 5.74) is 11.2. The minimum atomic E-state index is -0.487. The molecule has 3 aromatic rings. The molecule has 6 nitrogen and oxygen atoms in total. The Balaban J connectivity index is 1.73. The van der Waals surface area contributed by atoms with E-state index < -0.39 is 5.91 Å². The summed E-state index contributed by atoms with van der Waals surface area (Å²) in [6.45, 7) is 0. The van der Waals surface area contributed by atoms with Crippen LogP contribution in [0.5, 0.6) is 5.75 Å². The van der Waals surface area contributed by atoms with Gasteiger partial charge in [-0.2, -0.15) is 5.10 Å². The number of hydrogen-bond acceptors (Lipinski definition) is 4. The number of hydrogen-bond donors (Lipinski definition) is 2. The van der Waals surface area contributed by atoms with E-state index in [1.165, 1.54) is 0 Å². The predicted octanol–water partition coefficient (Wildman–Crippen LogP) is 3.46. The lowest BCUT2D eigenvalue weighted by Gasteiger charge is -2.02. The molecule has 3 N–H and O–H groups in total. The first-order valence-corrected chi connectivity index (χ1v) is 9.52. The largest absolute Gasteiger partial charge is 0.504 e. The van der Waals surface area contributed by atoms with E-state index in [1.54, 1.807) is 23.9 Å². The molecular formula is C20H17BrN4O2. The van der Waals surface area contributed by atoms with Gasteiger partial charge in [-0.3, -0.25) is 14.5 Å². The van der Waals surface area contributed by atoms with E-state index in [0.29, 0.717) is 34.8 Å². The highest BCUT2D eigenvalue weighted by atomic mass is 79.9. The third kappa shape index (κ3) is 3.04. The highest BCUT2D eigenvalue weighted by Gasteiger charge is 2.25. The summed E-state index contributed by atoms with van der Waals surface area (Å²) in [6, 6.07) is 13.1. The maximum absolute atomic E-state index is 11.4. The van der Waals surface area contributed by atoms with Crippen molar-refractivity contribution in [3.05, 3.63) is 64.8 Å². The monoisotopic (exact) mass is 424 g/mol. The smallest absolute Gasteiger partial charge is 0.248 e. The van der Waals surface area contributed by atoms with Crippen molar-refractivity contribution in [3.63, 3.8) is 0 Å². The van der Waals surface area contributed by atoms with E-state index in [-0.39, 0.29) is 5.75 Å². The number of aryl methyl sites for hydroxylation is 1. The van der Waals surface area contributed by atoms with Gasteiger partial charge in [-0.05, 0) is 23.3 Å². The number of aliphatic imine (C=N–C) groups is 1. The zero-order chi connectivity index (χ0) is 19.1. The summed E-state index contributed by atoms with van der Waals surface area (Å²) < 4.78 is 1.64. The zero-order valence-corrected chi connectivity index (χ0v) is 16.2. The SMILES string of the molecule is Cn1nc(-c2ccc(CBr)cc2)c(O)c1C1=Nc2cc(C(N)=O)ccc2C1. The molecule has 2 aromatic carbocycles. The Labute approximate surface area is 164 Å². The molecule has 0 spiro atoms. The summed E-state index contributed by atoms with van der Waals surface area (Å²) in [5, 5.41) is 16.1. The first-order chi connectivity index (χ1) is 13.0. The number of carbonyl (C=O) groups is 1. The maximum Gasteiger partial charge on any atom is 0.248 e. The number of amides is 1. The Morgan fingerprint density at radius 1 is 1.26 bits per heavy atom. The molecule has 1 amide bonds. The average Bonchev–Trinajstić information content (AvgIpc) is 3.21. The van der Waals surface area contributed by atoms with Crippen LogP contribution in [0.25, 0.3) is 11.3 Å². The Hall–Kier alpha value is -2.93. The van der Waals surface area contributed by atoms with Gasteiger partial charge in [0.2, 0.25) is 5.91 Å². The van der Waals surface area contributed by atoms with Gasteiger partial charge in [0, 0.05) is 29.9 Å². The number of alkyl halides is 1. The molecule has 0 bridgehead atoms. The van der Waals surface area contributed by atoms with Crippen LogP contribution < -0.4 is 5.73 Å². The van der Waals surface area contributed by atoms with E-state index in [2.05, 4.69) is 26.0 Å². The van der Waals surface area contributed by atoms with Gasteiger partial charge in [-0.25, -0.2) is 0 Å². The van der Waals surface area contributed by atoms with Crippen molar-refractivity contribution in [1.82, 2.24) is 9.78 Å². The number of benzene rings is 2. The summed E-state index contributed by atoms with van der Waals surface area (Å²) in [6.07, 6.45) is 0.559. The lowest BCUT2D eigenvalue weighted by atomic mass is 10.0. The second-order valence-electron chi connectivity index (χ2n) is 6.44. The fourth-order valence-corrected chi connectivity index (χ4v) is 3.63. The van der Waals surface area contributed by atoms with Crippen LogP contribution in [-0.2, 0) is 18.8 Å². The third-order valence-corrected chi connectivity index (χ3v) is 5.31. The van der Waals surface area contributed by atoms with Crippen LogP contribution in [0.2, 0.25) is 0 Å². The van der Waals surface area contributed by atoms with E-state index in [9.17, 15) is 9.90 Å². The van der Waals surface area contributed by atoms with Crippen molar-refractivity contribution < 1.29 is 9.90 Å². The van der Waals surface area contributed by atoms with E-state index in [1.807, 2.05) is 30.3 Å². The van der Waals surface area contributed by atoms with Gasteiger partial charge in [0.25, 0.3) is 0 Å². The Kier molecular flexibility index (Phi) is 4.31. The highest BCUT2D eigenvalue weighted by molar-refractivity contribution is 9.08. The highest BCUT2D eigenvalue weighted by Crippen LogP contribution is 2.36. The molecule has 0 saturated carbocycles. The molecule has 136 valence electrons. The van der Waals surface area contributed by atoms with Crippen molar-refractivity contribution in [3.8, 4) is 17.0 Å². The number of nitrogens with two attached hydrogens (primary N) is 1. The van der Waals surface area contributed by atoms with E-state index in [0.717, 1.165) is 22.0 Å². The molecule has 0 unspecified atom stereocenters. The minimum Gasteiger partial charge on any atom is -0.504 e. The van der Waals surface area contributed by atoms with Gasteiger partial charge in [-0.1, -0.05) is 46.3 Å². The van der Waals surface area contributed by atoms with Crippen LogP contribution in [0.15, 0.2) is 47.5 Å². The quantitative estimate of drug-likeness (QED) is 0.627. The van der Waals surface area contributed by atoms with Crippen LogP contribution in [-0.4, -0.2) is 26.5 Å². The van der Waals surface area contributed by atoms with Crippen molar-refractivity contribution in [2.24, 2.45) is 17.8 Å². The van der Waals surface area contributed by atoms with Gasteiger partial charge in [0.15, 0.2) is 5.75 Å². The van der Waals surface area contributed by atoms with Gasteiger partial charge in [0.1, 0.15) is 11.4 Å². The number of aromatic nitrogens is 2. The summed E-state index contributed by atoms with van der Waals surface area (Å²) in [5.74, 6) is -0.384. The predicted molar refractivity (Wildman–Crippen MR) is 108 cm³/mol. The Morgan fingerprint density at radius 3 is 2.67 bits per heavy atom. The van der Waals surface area contributed by atoms with Crippen LogP contribution in [0.1, 0.15) is 27.2 Å². The lowest BCUT2D eigenvalue weighted by Crippen LogP contribution is -2.10. The summed E-state index contributed by atoms with van der Waals surface area (Å²) in [4.78, 5) is 16.0. The number of rotatable bonds is 4. The molecule has 0 saturated heterocycles. The summed E-state index contributed by atoms with van der Waals surface area (Å²) >= 11 is 3.43. The van der Waals surface area contributed by atoms with Crippen LogP contribution in [0, 0.1) is 0 Å². The molecule has 27 heavy (non-hydrogen) atoms. The zero-order valence-electron chi connectivity index (χ0n) is 14.6. The van der Waals surface area contributed by atoms with E-state index in [4.69, 9.17) is 5.73 Å². The first-order valence-electron chi connectivity index (χ1n) is 8.40. The fourth-order valence-electron chi connectivity index (χ4n) is 3.26. The van der Waals surface area contributed by atoms with Crippen molar-refractivity contribution in [2.75, 3.05) is 0 Å². The standard InChI is InChI=1S/C20H17BrN4O2/c1-25-18(16-8-13-6-7-14(20(22)27)9-15(13)23-16)19(26)17(24-25)12-4-2-11(10-21)3-5-12/h2-7,9,26H,8,10H2,1H3,(H2,22,27). The van der Waals surface area contributed by atoms with Gasteiger partial charge in [0.05, 0.1) is 11.4 Å². The molecule has 0 radical (unpaired) electrons. The molecule has 2 heterocycles. The molecule has 1 aliphatic heterocycles. The third-order valence-electron chi connectivity index (χ3n) is 4.66. The summed E-state index contributed by atoms with van der Waals surface area (Å²) in [7, 11) is 1.78. The van der Waals surface area contributed by atoms with E-state index >= 15 is 0 Å². The molecule has 4 rings (SSSR count). The molecule has 0 atom stereocenters. The average molecular weight is 425 g/mol. The van der Waals surface area contributed by atoms with Crippen LogP contribution >= 0.6 is 15.9 Å². The topological polar surface area (TPSA) is 93.5 Å². The van der Waals surface area contributed by atoms with Gasteiger partial charge in [-0.15, -0.1) is 0 Å². The second kappa shape index (κ2) is 6.66. The molecule has 0 aliphatic carbocycles. The van der Waals surface area contributed by atoms with Crippen molar-refractivity contribution in [1.29, 1.82) is 0 Å². The Morgan fingerprint density at radius 2 is 2.00 bits per heavy atom. The molecule has 1 aliphatic rings. The minimum absolute atomic E-state index is 0.103. The lowest BCUT2D eigenvalue weighted by molar-refractivity contribution is 0.100. The fraction of sp³-hybridized carbons (Fsp3) is 0.150. The van der Waals surface area contributed by atoms with Gasteiger partial charge >= 0.3 is 0 Å². The second-order valence-corrected chi connectivity index (χ2v) is 7.00. The normalized spacial score (nSPS) is 12.7. The number of fused-ring (bicyclic) bond motifs is 1. The first kappa shape index (κ1) is 17.5. The number of nitrogens with zero attached hydrogens (tertiary/aromatic N) is 3. The van der Waals surface area contributed by atoms with Gasteiger partial charge < -0.3 is 10.8 Å².